The van der Waals surface area contributed by atoms with Crippen molar-refractivity contribution in [1.82, 2.24) is 4.72 Å². The molecule has 0 radical (unpaired) electrons. The third kappa shape index (κ3) is 5.58. The fourth-order valence-corrected chi connectivity index (χ4v) is 2.95. The molecule has 1 unspecified atom stereocenters. The summed E-state index contributed by atoms with van der Waals surface area (Å²) in [7, 11) is -3.28. The molecule has 0 bridgehead atoms. The molecule has 1 aromatic carbocycles. The van der Waals surface area contributed by atoms with E-state index in [-0.39, 0.29) is 18.5 Å². The van der Waals surface area contributed by atoms with E-state index in [1.165, 1.54) is 0 Å². The van der Waals surface area contributed by atoms with Gasteiger partial charge in [0.05, 0.1) is 25.1 Å². The van der Waals surface area contributed by atoms with Gasteiger partial charge < -0.3 is 9.47 Å². The fourth-order valence-electron chi connectivity index (χ4n) is 2.03. The zero-order valence-corrected chi connectivity index (χ0v) is 12.3. The number of hydrogen-bond acceptors (Lipinski definition) is 4. The van der Waals surface area contributed by atoms with Gasteiger partial charge in [0.25, 0.3) is 0 Å². The predicted molar refractivity (Wildman–Crippen MR) is 76.9 cm³/mol. The Hall–Kier alpha value is -0.950. The van der Waals surface area contributed by atoms with Gasteiger partial charge in [0.1, 0.15) is 0 Å². The molecule has 1 N–H and O–H groups in total. The van der Waals surface area contributed by atoms with E-state index < -0.39 is 10.0 Å². The number of ether oxygens (including phenoxy) is 2. The lowest BCUT2D eigenvalue weighted by molar-refractivity contribution is 0.114. The Labute approximate surface area is 120 Å². The summed E-state index contributed by atoms with van der Waals surface area (Å²) < 4.78 is 36.8. The van der Waals surface area contributed by atoms with Crippen molar-refractivity contribution in [1.29, 1.82) is 0 Å². The van der Waals surface area contributed by atoms with Gasteiger partial charge in [0.2, 0.25) is 10.0 Å². The lowest BCUT2D eigenvalue weighted by atomic mass is 10.2. The van der Waals surface area contributed by atoms with Crippen LogP contribution >= 0.6 is 0 Å². The molecule has 112 valence electrons. The Bertz CT molecular complexity index is 483. The molecule has 6 heteroatoms. The highest BCUT2D eigenvalue weighted by Crippen LogP contribution is 2.10. The number of sulfonamides is 1. The molecule has 2 rings (SSSR count). The Morgan fingerprint density at radius 3 is 2.80 bits per heavy atom. The quantitative estimate of drug-likeness (QED) is 0.735. The van der Waals surface area contributed by atoms with Crippen molar-refractivity contribution in [3.63, 3.8) is 0 Å². The molecule has 0 aliphatic carbocycles. The molecule has 0 amide bonds. The summed E-state index contributed by atoms with van der Waals surface area (Å²) in [5.74, 6) is -0.0213. The summed E-state index contributed by atoms with van der Waals surface area (Å²) in [6, 6.07) is 9.69. The van der Waals surface area contributed by atoms with Gasteiger partial charge in [0, 0.05) is 13.2 Å². The van der Waals surface area contributed by atoms with E-state index in [9.17, 15) is 8.42 Å². The van der Waals surface area contributed by atoms with Gasteiger partial charge in [-0.1, -0.05) is 30.3 Å². The first-order chi connectivity index (χ1) is 9.66. The molecule has 0 spiro atoms. The van der Waals surface area contributed by atoms with Gasteiger partial charge in [-0.05, 0) is 18.4 Å². The Morgan fingerprint density at radius 1 is 1.30 bits per heavy atom. The molecule has 5 nitrogen and oxygen atoms in total. The second-order valence-corrected chi connectivity index (χ2v) is 6.77. The van der Waals surface area contributed by atoms with Crippen LogP contribution in [0.5, 0.6) is 0 Å². The summed E-state index contributed by atoms with van der Waals surface area (Å²) >= 11 is 0. The zero-order valence-electron chi connectivity index (χ0n) is 11.5. The molecular formula is C14H21NO4S. The van der Waals surface area contributed by atoms with Crippen LogP contribution in [0.1, 0.15) is 18.4 Å². The van der Waals surface area contributed by atoms with Gasteiger partial charge in [-0.2, -0.15) is 0 Å². The fraction of sp³-hybridized carbons (Fsp3) is 0.571. The molecule has 1 saturated heterocycles. The van der Waals surface area contributed by atoms with E-state index in [0.717, 1.165) is 25.0 Å². The molecule has 0 aromatic heterocycles. The average Bonchev–Trinajstić information content (AvgIpc) is 2.96. The molecule has 1 aromatic rings. The van der Waals surface area contributed by atoms with Crippen LogP contribution in [0.3, 0.4) is 0 Å². The van der Waals surface area contributed by atoms with Crippen molar-refractivity contribution in [3.8, 4) is 0 Å². The van der Waals surface area contributed by atoms with E-state index in [1.807, 2.05) is 30.3 Å². The second-order valence-electron chi connectivity index (χ2n) is 4.84. The summed E-state index contributed by atoms with van der Waals surface area (Å²) in [6.45, 7) is 1.71. The van der Waals surface area contributed by atoms with Crippen LogP contribution < -0.4 is 4.72 Å². The monoisotopic (exact) mass is 299 g/mol. The molecule has 1 atom stereocenters. The number of hydrogen-bond donors (Lipinski definition) is 1. The van der Waals surface area contributed by atoms with Gasteiger partial charge >= 0.3 is 0 Å². The topological polar surface area (TPSA) is 64.6 Å². The molecule has 1 fully saturated rings. The van der Waals surface area contributed by atoms with E-state index in [0.29, 0.717) is 13.2 Å². The minimum absolute atomic E-state index is 0.0213. The van der Waals surface area contributed by atoms with Crippen molar-refractivity contribution in [3.05, 3.63) is 35.9 Å². The molecule has 20 heavy (non-hydrogen) atoms. The maximum atomic E-state index is 11.8. The van der Waals surface area contributed by atoms with Crippen LogP contribution in [-0.4, -0.2) is 40.0 Å². The minimum Gasteiger partial charge on any atom is -0.377 e. The van der Waals surface area contributed by atoms with Crippen molar-refractivity contribution < 1.29 is 17.9 Å². The van der Waals surface area contributed by atoms with Crippen LogP contribution in [0.4, 0.5) is 0 Å². The SMILES string of the molecule is O=S(=O)(CCOCc1ccccc1)NCC1CCCO1. The highest BCUT2D eigenvalue weighted by atomic mass is 32.2. The van der Waals surface area contributed by atoms with Gasteiger partial charge in [-0.15, -0.1) is 0 Å². The largest absolute Gasteiger partial charge is 0.377 e. The van der Waals surface area contributed by atoms with E-state index in [4.69, 9.17) is 9.47 Å². The Morgan fingerprint density at radius 2 is 2.10 bits per heavy atom. The number of rotatable bonds is 8. The number of benzene rings is 1. The van der Waals surface area contributed by atoms with E-state index >= 15 is 0 Å². The predicted octanol–water partition coefficient (Wildman–Crippen LogP) is 1.30. The van der Waals surface area contributed by atoms with Crippen molar-refractivity contribution in [2.24, 2.45) is 0 Å². The third-order valence-electron chi connectivity index (χ3n) is 3.16. The van der Waals surface area contributed by atoms with Gasteiger partial charge in [0.15, 0.2) is 0 Å². The minimum atomic E-state index is -3.28. The average molecular weight is 299 g/mol. The van der Waals surface area contributed by atoms with Crippen LogP contribution in [0.2, 0.25) is 0 Å². The summed E-state index contributed by atoms with van der Waals surface area (Å²) in [4.78, 5) is 0. The Kier molecular flexibility index (Phi) is 5.97. The molecule has 1 aliphatic rings. The molecule has 0 saturated carbocycles. The maximum absolute atomic E-state index is 11.8. The highest BCUT2D eigenvalue weighted by Gasteiger charge is 2.18. The van der Waals surface area contributed by atoms with Crippen molar-refractivity contribution in [2.75, 3.05) is 25.5 Å². The van der Waals surface area contributed by atoms with Crippen molar-refractivity contribution in [2.45, 2.75) is 25.6 Å². The lowest BCUT2D eigenvalue weighted by Gasteiger charge is -2.11. The summed E-state index contributed by atoms with van der Waals surface area (Å²) in [6.07, 6.45) is 1.95. The van der Waals surface area contributed by atoms with E-state index in [2.05, 4.69) is 4.72 Å². The lowest BCUT2D eigenvalue weighted by Crippen LogP contribution is -2.34. The summed E-state index contributed by atoms with van der Waals surface area (Å²) in [5.41, 5.74) is 1.04. The van der Waals surface area contributed by atoms with Crippen LogP contribution in [0, 0.1) is 0 Å². The van der Waals surface area contributed by atoms with Crippen LogP contribution in [0.25, 0.3) is 0 Å². The first-order valence-electron chi connectivity index (χ1n) is 6.86. The molecule has 1 heterocycles. The molecular weight excluding hydrogens is 278 g/mol. The van der Waals surface area contributed by atoms with Crippen molar-refractivity contribution >= 4 is 10.0 Å². The third-order valence-corrected chi connectivity index (χ3v) is 4.47. The smallest absolute Gasteiger partial charge is 0.213 e. The second kappa shape index (κ2) is 7.73. The summed E-state index contributed by atoms with van der Waals surface area (Å²) in [5, 5.41) is 0. The van der Waals surface area contributed by atoms with Gasteiger partial charge in [-0.3, -0.25) is 0 Å². The maximum Gasteiger partial charge on any atom is 0.213 e. The highest BCUT2D eigenvalue weighted by molar-refractivity contribution is 7.89. The Balaban J connectivity index is 1.62. The van der Waals surface area contributed by atoms with E-state index in [1.54, 1.807) is 0 Å². The normalized spacial score (nSPS) is 19.3. The first-order valence-corrected chi connectivity index (χ1v) is 8.51. The van der Waals surface area contributed by atoms with Crippen LogP contribution in [0.15, 0.2) is 30.3 Å². The van der Waals surface area contributed by atoms with Gasteiger partial charge in [-0.25, -0.2) is 13.1 Å². The van der Waals surface area contributed by atoms with Crippen LogP contribution in [-0.2, 0) is 26.1 Å². The molecule has 1 aliphatic heterocycles. The standard InChI is InChI=1S/C14H21NO4S/c16-20(17,15-11-14-7-4-8-19-14)10-9-18-12-13-5-2-1-3-6-13/h1-3,5-6,14-15H,4,7-12H2. The first kappa shape index (κ1) is 15.4. The zero-order chi connectivity index (χ0) is 14.3. The number of nitrogens with one attached hydrogen (secondary N) is 1.